The van der Waals surface area contributed by atoms with Crippen LogP contribution in [0.1, 0.15) is 36.4 Å². The highest BCUT2D eigenvalue weighted by atomic mass is 16.4. The first-order valence-corrected chi connectivity index (χ1v) is 6.68. The van der Waals surface area contributed by atoms with Crippen LogP contribution in [0.2, 0.25) is 0 Å². The highest BCUT2D eigenvalue weighted by Gasteiger charge is 2.24. The van der Waals surface area contributed by atoms with Crippen molar-refractivity contribution in [2.75, 3.05) is 11.9 Å². The van der Waals surface area contributed by atoms with Crippen LogP contribution in [-0.2, 0) is 16.0 Å². The zero-order valence-electron chi connectivity index (χ0n) is 11.7. The molecule has 1 atom stereocenters. The van der Waals surface area contributed by atoms with E-state index in [0.29, 0.717) is 19.3 Å². The number of carboxylic acid groups (broad SMARTS) is 1. The van der Waals surface area contributed by atoms with Gasteiger partial charge >= 0.3 is 5.97 Å². The SMILES string of the molecule is CN1C(=O)Cc2cc(C(CCCC(=O)O)N=[N+]=[N-])ccc21. The van der Waals surface area contributed by atoms with Crippen LogP contribution in [0.3, 0.4) is 0 Å². The number of hydrogen-bond acceptors (Lipinski definition) is 3. The Morgan fingerprint density at radius 1 is 1.57 bits per heavy atom. The van der Waals surface area contributed by atoms with Crippen LogP contribution in [0, 0.1) is 0 Å². The fourth-order valence-electron chi connectivity index (χ4n) is 2.50. The molecular formula is C14H16N4O3. The third-order valence-electron chi connectivity index (χ3n) is 3.62. The number of nitrogens with zero attached hydrogens (tertiary/aromatic N) is 4. The summed E-state index contributed by atoms with van der Waals surface area (Å²) in [6.07, 6.45) is 1.30. The summed E-state index contributed by atoms with van der Waals surface area (Å²) in [5.74, 6) is -0.829. The van der Waals surface area contributed by atoms with Crippen LogP contribution in [0.5, 0.6) is 0 Å². The number of hydrogen-bond donors (Lipinski definition) is 1. The van der Waals surface area contributed by atoms with Gasteiger partial charge < -0.3 is 10.0 Å². The van der Waals surface area contributed by atoms with Gasteiger partial charge in [-0.25, -0.2) is 0 Å². The number of carbonyl (C=O) groups is 2. The minimum absolute atomic E-state index is 0.0355. The van der Waals surface area contributed by atoms with Gasteiger partial charge in [0.1, 0.15) is 0 Å². The van der Waals surface area contributed by atoms with Crippen molar-refractivity contribution < 1.29 is 14.7 Å². The Bertz CT molecular complexity index is 623. The lowest BCUT2D eigenvalue weighted by Gasteiger charge is -2.14. The van der Waals surface area contributed by atoms with E-state index >= 15 is 0 Å². The number of carboxylic acids is 1. The summed E-state index contributed by atoms with van der Waals surface area (Å²) >= 11 is 0. The quantitative estimate of drug-likeness (QED) is 0.494. The summed E-state index contributed by atoms with van der Waals surface area (Å²) in [6, 6.07) is 5.14. The molecule has 7 heteroatoms. The van der Waals surface area contributed by atoms with Crippen molar-refractivity contribution >= 4 is 17.6 Å². The van der Waals surface area contributed by atoms with Crippen LogP contribution >= 0.6 is 0 Å². The number of azide groups is 1. The van der Waals surface area contributed by atoms with E-state index in [9.17, 15) is 9.59 Å². The molecule has 0 aromatic heterocycles. The molecule has 0 bridgehead atoms. The lowest BCUT2D eigenvalue weighted by atomic mass is 9.98. The van der Waals surface area contributed by atoms with Gasteiger partial charge in [0.25, 0.3) is 0 Å². The molecule has 0 fully saturated rings. The summed E-state index contributed by atoms with van der Waals surface area (Å²) in [5, 5.41) is 12.4. The molecule has 1 aliphatic rings. The number of anilines is 1. The van der Waals surface area contributed by atoms with Crippen LogP contribution in [0.4, 0.5) is 5.69 Å². The van der Waals surface area contributed by atoms with Gasteiger partial charge in [-0.15, -0.1) is 0 Å². The van der Waals surface area contributed by atoms with Crippen molar-refractivity contribution in [2.24, 2.45) is 5.11 Å². The molecule has 1 aromatic carbocycles. The third-order valence-corrected chi connectivity index (χ3v) is 3.62. The van der Waals surface area contributed by atoms with Crippen molar-refractivity contribution in [1.29, 1.82) is 0 Å². The van der Waals surface area contributed by atoms with E-state index in [1.165, 1.54) is 0 Å². The van der Waals surface area contributed by atoms with Gasteiger partial charge in [-0.05, 0) is 35.6 Å². The Balaban J connectivity index is 2.18. The topological polar surface area (TPSA) is 106 Å². The Hall–Kier alpha value is -2.53. The average Bonchev–Trinajstić information content (AvgIpc) is 2.72. The van der Waals surface area contributed by atoms with Crippen molar-refractivity contribution in [3.63, 3.8) is 0 Å². The van der Waals surface area contributed by atoms with Crippen LogP contribution in [-0.4, -0.2) is 24.0 Å². The maximum absolute atomic E-state index is 11.7. The summed E-state index contributed by atoms with van der Waals surface area (Å²) in [5.41, 5.74) is 11.3. The maximum Gasteiger partial charge on any atom is 0.303 e. The molecule has 0 radical (unpaired) electrons. The molecule has 0 saturated heterocycles. The molecule has 1 aliphatic heterocycles. The zero-order valence-corrected chi connectivity index (χ0v) is 11.7. The van der Waals surface area contributed by atoms with E-state index in [1.54, 1.807) is 11.9 Å². The minimum atomic E-state index is -0.865. The lowest BCUT2D eigenvalue weighted by Crippen LogP contribution is -2.20. The van der Waals surface area contributed by atoms with Gasteiger partial charge in [0.15, 0.2) is 0 Å². The Morgan fingerprint density at radius 2 is 2.33 bits per heavy atom. The zero-order chi connectivity index (χ0) is 15.4. The Kier molecular flexibility index (Phi) is 4.45. The molecule has 0 aliphatic carbocycles. The first-order chi connectivity index (χ1) is 10.0. The summed E-state index contributed by atoms with van der Waals surface area (Å²) in [7, 11) is 1.73. The summed E-state index contributed by atoms with van der Waals surface area (Å²) in [4.78, 5) is 26.7. The Morgan fingerprint density at radius 3 is 3.00 bits per heavy atom. The van der Waals surface area contributed by atoms with Gasteiger partial charge in [0, 0.05) is 24.1 Å². The minimum Gasteiger partial charge on any atom is -0.481 e. The van der Waals surface area contributed by atoms with E-state index in [1.807, 2.05) is 18.2 Å². The van der Waals surface area contributed by atoms with Gasteiger partial charge in [-0.3, -0.25) is 9.59 Å². The van der Waals surface area contributed by atoms with E-state index in [-0.39, 0.29) is 12.3 Å². The van der Waals surface area contributed by atoms with E-state index in [4.69, 9.17) is 10.6 Å². The Labute approximate surface area is 121 Å². The van der Waals surface area contributed by atoms with Crippen molar-refractivity contribution in [2.45, 2.75) is 31.7 Å². The number of benzene rings is 1. The second-order valence-corrected chi connectivity index (χ2v) is 5.02. The van der Waals surface area contributed by atoms with Crippen LogP contribution in [0.15, 0.2) is 23.3 Å². The van der Waals surface area contributed by atoms with E-state index in [2.05, 4.69) is 10.0 Å². The van der Waals surface area contributed by atoms with Crippen molar-refractivity contribution in [1.82, 2.24) is 0 Å². The molecule has 0 saturated carbocycles. The van der Waals surface area contributed by atoms with Crippen molar-refractivity contribution in [3.8, 4) is 0 Å². The molecule has 0 spiro atoms. The predicted molar refractivity (Wildman–Crippen MR) is 76.9 cm³/mol. The second-order valence-electron chi connectivity index (χ2n) is 5.02. The summed E-state index contributed by atoms with van der Waals surface area (Å²) in [6.45, 7) is 0. The number of rotatable bonds is 6. The number of carbonyl (C=O) groups excluding carboxylic acids is 1. The largest absolute Gasteiger partial charge is 0.481 e. The third kappa shape index (κ3) is 3.32. The van der Waals surface area contributed by atoms with Gasteiger partial charge in [-0.1, -0.05) is 17.2 Å². The van der Waals surface area contributed by atoms with Gasteiger partial charge in [0.2, 0.25) is 5.91 Å². The molecule has 1 amide bonds. The number of fused-ring (bicyclic) bond motifs is 1. The van der Waals surface area contributed by atoms with E-state index in [0.717, 1.165) is 16.8 Å². The average molecular weight is 288 g/mol. The monoisotopic (exact) mass is 288 g/mol. The maximum atomic E-state index is 11.7. The molecule has 110 valence electrons. The van der Waals surface area contributed by atoms with Crippen LogP contribution in [0.25, 0.3) is 10.4 Å². The predicted octanol–water partition coefficient (Wildman–Crippen LogP) is 2.81. The fourth-order valence-corrected chi connectivity index (χ4v) is 2.50. The molecule has 1 unspecified atom stereocenters. The highest BCUT2D eigenvalue weighted by molar-refractivity contribution is 6.00. The second kappa shape index (κ2) is 6.28. The normalized spacial score (nSPS) is 14.5. The van der Waals surface area contributed by atoms with E-state index < -0.39 is 12.0 Å². The number of amides is 1. The molecule has 21 heavy (non-hydrogen) atoms. The standard InChI is InChI=1S/C14H16N4O3/c1-18-12-6-5-9(7-10(12)8-13(18)19)11(16-17-15)3-2-4-14(20)21/h5-7,11H,2-4,8H2,1H3,(H,20,21). The van der Waals surface area contributed by atoms with Gasteiger partial charge in [-0.2, -0.15) is 0 Å². The smallest absolute Gasteiger partial charge is 0.303 e. The molecule has 1 heterocycles. The first-order valence-electron chi connectivity index (χ1n) is 6.68. The molecule has 2 rings (SSSR count). The van der Waals surface area contributed by atoms with Crippen molar-refractivity contribution in [3.05, 3.63) is 39.8 Å². The molecule has 1 N–H and O–H groups in total. The fraction of sp³-hybridized carbons (Fsp3) is 0.429. The lowest BCUT2D eigenvalue weighted by molar-refractivity contribution is -0.137. The molecule has 7 nitrogen and oxygen atoms in total. The highest BCUT2D eigenvalue weighted by Crippen LogP contribution is 2.32. The van der Waals surface area contributed by atoms with Gasteiger partial charge in [0.05, 0.1) is 12.5 Å². The molecular weight excluding hydrogens is 272 g/mol. The van der Waals surface area contributed by atoms with Crippen LogP contribution < -0.4 is 4.90 Å². The molecule has 1 aromatic rings. The number of aliphatic carboxylic acids is 1. The first kappa shape index (κ1) is 14.9. The number of likely N-dealkylation sites (N-methyl/N-ethyl adjacent to an activating group) is 1. The summed E-state index contributed by atoms with van der Waals surface area (Å²) < 4.78 is 0.